The number of aromatic hydroxyl groups is 2. The van der Waals surface area contributed by atoms with E-state index in [-0.39, 0.29) is 0 Å². The lowest BCUT2D eigenvalue weighted by atomic mass is 10.0. The summed E-state index contributed by atoms with van der Waals surface area (Å²) in [6.45, 7) is 9.73. The van der Waals surface area contributed by atoms with Gasteiger partial charge in [-0.3, -0.25) is 0 Å². The second-order valence-electron chi connectivity index (χ2n) is 16.5. The number of benzene rings is 2. The molecule has 312 valence electrons. The molecule has 0 bridgehead atoms. The highest BCUT2D eigenvalue weighted by Gasteiger charge is 2.25. The molecule has 2 aromatic carbocycles. The molecule has 7 nitrogen and oxygen atoms in total. The minimum atomic E-state index is -0.904. The van der Waals surface area contributed by atoms with Gasteiger partial charge >= 0.3 is 0 Å². The van der Waals surface area contributed by atoms with E-state index in [1.54, 1.807) is 0 Å². The van der Waals surface area contributed by atoms with Gasteiger partial charge in [0.15, 0.2) is 34.8 Å². The maximum Gasteiger partial charge on any atom is 0.187 e. The number of hydrogen-bond acceptors (Lipinski definition) is 7. The highest BCUT2D eigenvalue weighted by Crippen LogP contribution is 2.25. The van der Waals surface area contributed by atoms with Gasteiger partial charge in [-0.25, -0.2) is 17.6 Å². The molecular weight excluding hydrogens is 709 g/mol. The summed E-state index contributed by atoms with van der Waals surface area (Å²) in [7, 11) is 3.92. The van der Waals surface area contributed by atoms with Gasteiger partial charge in [-0.05, 0) is 127 Å². The van der Waals surface area contributed by atoms with Gasteiger partial charge in [-0.15, -0.1) is 0 Å². The normalized spacial score (nSPS) is 16.6. The van der Waals surface area contributed by atoms with E-state index in [2.05, 4.69) is 19.6 Å². The van der Waals surface area contributed by atoms with Crippen molar-refractivity contribution in [2.75, 3.05) is 66.5 Å². The Labute approximate surface area is 329 Å². The Morgan fingerprint density at radius 3 is 1.13 bits per heavy atom. The number of unbranched alkanes of at least 4 members (excludes halogenated alkanes) is 12. The third-order valence-corrected chi connectivity index (χ3v) is 11.5. The summed E-state index contributed by atoms with van der Waals surface area (Å²) in [5.74, 6) is -5.42. The van der Waals surface area contributed by atoms with Crippen LogP contribution in [0, 0.1) is 23.3 Å². The first-order valence-corrected chi connectivity index (χ1v) is 21.4. The van der Waals surface area contributed by atoms with Crippen molar-refractivity contribution < 1.29 is 32.5 Å². The lowest BCUT2D eigenvalue weighted by molar-refractivity contribution is -0.0650. The molecule has 0 amide bonds. The van der Waals surface area contributed by atoms with Crippen LogP contribution in [0.25, 0.3) is 0 Å². The molecule has 2 aliphatic heterocycles. The van der Waals surface area contributed by atoms with Crippen molar-refractivity contribution in [3.05, 3.63) is 58.7 Å². The number of halogens is 4. The average molecular weight is 779 g/mol. The maximum atomic E-state index is 13.6. The monoisotopic (exact) mass is 779 g/mol. The van der Waals surface area contributed by atoms with Crippen molar-refractivity contribution in [2.45, 2.75) is 141 Å². The van der Waals surface area contributed by atoms with E-state index < -0.39 is 34.8 Å². The van der Waals surface area contributed by atoms with Crippen LogP contribution < -0.4 is 0 Å². The third-order valence-electron chi connectivity index (χ3n) is 11.5. The number of phenolic OH excluding ortho intramolecular Hbond substituents is 2. The molecule has 55 heavy (non-hydrogen) atoms. The second kappa shape index (κ2) is 25.0. The van der Waals surface area contributed by atoms with Gasteiger partial charge in [-0.1, -0.05) is 64.2 Å². The number of nitrogens with zero attached hydrogens (tertiary/aromatic N) is 4. The van der Waals surface area contributed by atoms with Gasteiger partial charge in [0.05, 0.1) is 12.2 Å². The minimum absolute atomic E-state index is 0.420. The van der Waals surface area contributed by atoms with Gasteiger partial charge in [0.1, 0.15) is 0 Å². The quantitative estimate of drug-likeness (QED) is 0.0729. The van der Waals surface area contributed by atoms with E-state index in [1.807, 2.05) is 14.1 Å². The van der Waals surface area contributed by atoms with Crippen LogP contribution in [0.15, 0.2) is 24.3 Å². The van der Waals surface area contributed by atoms with Crippen LogP contribution in [-0.4, -0.2) is 108 Å². The molecule has 2 aromatic rings. The number of rotatable bonds is 26. The zero-order valence-corrected chi connectivity index (χ0v) is 33.9. The van der Waals surface area contributed by atoms with Crippen molar-refractivity contribution in [1.82, 2.24) is 19.6 Å². The molecule has 2 fully saturated rings. The number of ether oxygens (including phenoxy) is 1. The smallest absolute Gasteiger partial charge is 0.187 e. The van der Waals surface area contributed by atoms with E-state index in [4.69, 9.17) is 4.74 Å². The molecule has 4 rings (SSSR count). The predicted octanol–water partition coefficient (Wildman–Crippen LogP) is 9.62. The van der Waals surface area contributed by atoms with E-state index >= 15 is 0 Å². The van der Waals surface area contributed by atoms with E-state index in [1.165, 1.54) is 114 Å². The Kier molecular flexibility index (Phi) is 20.6. The summed E-state index contributed by atoms with van der Waals surface area (Å²) in [5.41, 5.74) is 1.08. The lowest BCUT2D eigenvalue weighted by Crippen LogP contribution is -2.42. The molecule has 11 heteroatoms. The Morgan fingerprint density at radius 1 is 0.509 bits per heavy atom. The molecule has 2 N–H and O–H groups in total. The summed E-state index contributed by atoms with van der Waals surface area (Å²) in [6, 6.07) is 4.82. The van der Waals surface area contributed by atoms with Crippen LogP contribution in [0.2, 0.25) is 0 Å². The summed E-state index contributed by atoms with van der Waals surface area (Å²) < 4.78 is 60.9. The fourth-order valence-corrected chi connectivity index (χ4v) is 8.21. The summed E-state index contributed by atoms with van der Waals surface area (Å²) in [6.07, 6.45) is 22.6. The Balaban J connectivity index is 0.893. The molecule has 2 aliphatic rings. The highest BCUT2D eigenvalue weighted by molar-refractivity contribution is 5.30. The van der Waals surface area contributed by atoms with Crippen LogP contribution >= 0.6 is 0 Å². The fraction of sp³-hybridized carbons (Fsp3) is 0.727. The molecule has 2 saturated heterocycles. The van der Waals surface area contributed by atoms with Crippen molar-refractivity contribution in [3.63, 3.8) is 0 Å². The number of piperidine rings is 2. The Morgan fingerprint density at radius 2 is 0.800 bits per heavy atom. The van der Waals surface area contributed by atoms with Gasteiger partial charge in [-0.2, -0.15) is 0 Å². The number of hydrogen-bond donors (Lipinski definition) is 2. The Bertz CT molecular complexity index is 1220. The summed E-state index contributed by atoms with van der Waals surface area (Å²) in [5, 5.41) is 18.5. The molecule has 0 aliphatic carbocycles. The van der Waals surface area contributed by atoms with Crippen molar-refractivity contribution in [2.24, 2.45) is 0 Å². The minimum Gasteiger partial charge on any atom is -0.503 e. The molecule has 0 spiro atoms. The maximum absolute atomic E-state index is 13.6. The number of likely N-dealkylation sites (tertiary alicyclic amines) is 2. The first-order chi connectivity index (χ1) is 26.6. The van der Waals surface area contributed by atoms with Gasteiger partial charge in [0, 0.05) is 39.3 Å². The highest BCUT2D eigenvalue weighted by atomic mass is 19.1. The standard InChI is InChI=1S/C44H70F4N4O3/c1-49(33-35-29-39(45)43(53)40(46)30-35)21-13-9-5-3-7-11-15-23-51-25-17-37(18-26-51)55-38-19-27-52(28-20-38)24-16-12-8-4-6-10-14-22-50(2)34-36-31-41(47)44(54)42(48)32-36/h29-32,37-38,53-54H,3-28,33-34H2,1-2H3. The third kappa shape index (κ3) is 17.3. The summed E-state index contributed by atoms with van der Waals surface area (Å²) in [4.78, 5) is 9.39. The first kappa shape index (κ1) is 45.3. The van der Waals surface area contributed by atoms with Crippen LogP contribution in [-0.2, 0) is 17.8 Å². The number of phenols is 2. The molecule has 0 saturated carbocycles. The zero-order valence-electron chi connectivity index (χ0n) is 33.9. The van der Waals surface area contributed by atoms with Crippen molar-refractivity contribution in [3.8, 4) is 11.5 Å². The zero-order chi connectivity index (χ0) is 39.4. The lowest BCUT2D eigenvalue weighted by Gasteiger charge is -2.37. The fourth-order valence-electron chi connectivity index (χ4n) is 8.21. The van der Waals surface area contributed by atoms with Crippen LogP contribution in [0.4, 0.5) is 17.6 Å². The van der Waals surface area contributed by atoms with Crippen LogP contribution in [0.3, 0.4) is 0 Å². The second-order valence-corrected chi connectivity index (χ2v) is 16.5. The van der Waals surface area contributed by atoms with Gasteiger partial charge < -0.3 is 34.5 Å². The van der Waals surface area contributed by atoms with E-state index in [0.717, 1.165) is 77.8 Å². The van der Waals surface area contributed by atoms with Crippen LogP contribution in [0.5, 0.6) is 11.5 Å². The SMILES string of the molecule is CN(CCCCCCCCCN1CCC(OC2CCN(CCCCCCCCCN(C)Cc3cc(F)c(O)c(F)c3)CC2)CC1)Cc1cc(F)c(O)c(F)c1. The van der Waals surface area contributed by atoms with Crippen molar-refractivity contribution in [1.29, 1.82) is 0 Å². The van der Waals surface area contributed by atoms with Crippen molar-refractivity contribution >= 4 is 0 Å². The van der Waals surface area contributed by atoms with E-state index in [9.17, 15) is 27.8 Å². The molecule has 0 aromatic heterocycles. The van der Waals surface area contributed by atoms with Crippen LogP contribution in [0.1, 0.15) is 127 Å². The van der Waals surface area contributed by atoms with Gasteiger partial charge in [0.25, 0.3) is 0 Å². The molecule has 0 atom stereocenters. The van der Waals surface area contributed by atoms with Gasteiger partial charge in [0.2, 0.25) is 0 Å². The van der Waals surface area contributed by atoms with E-state index in [0.29, 0.717) is 36.4 Å². The molecule has 0 unspecified atom stereocenters. The molecular formula is C44H70F4N4O3. The summed E-state index contributed by atoms with van der Waals surface area (Å²) >= 11 is 0. The molecule has 2 heterocycles. The topological polar surface area (TPSA) is 62.7 Å². The Hall–Kier alpha value is -2.44. The first-order valence-electron chi connectivity index (χ1n) is 21.4. The largest absolute Gasteiger partial charge is 0.503 e. The average Bonchev–Trinajstić information content (AvgIpc) is 3.16. The predicted molar refractivity (Wildman–Crippen MR) is 213 cm³/mol. The molecule has 0 radical (unpaired) electrons.